The molecule has 0 saturated carbocycles. The maximum absolute atomic E-state index is 12.2. The molecule has 0 saturated heterocycles. The Hall–Kier alpha value is -0.390. The molecule has 0 aliphatic carbocycles. The Balaban J connectivity index is 2.81. The van der Waals surface area contributed by atoms with E-state index in [1.807, 2.05) is 12.1 Å². The van der Waals surface area contributed by atoms with Crippen molar-refractivity contribution in [3.8, 4) is 0 Å². The van der Waals surface area contributed by atoms with Gasteiger partial charge in [0.25, 0.3) is 0 Å². The highest BCUT2D eigenvalue weighted by molar-refractivity contribution is 9.08. The Morgan fingerprint density at radius 3 is 2.16 bits per heavy atom. The molecular weight excluding hydrogens is 326 g/mol. The van der Waals surface area contributed by atoms with Crippen molar-refractivity contribution in [1.82, 2.24) is 4.72 Å². The molecular formula is C14H22BrNO2S. The third-order valence-corrected chi connectivity index (χ3v) is 5.73. The molecule has 0 aromatic heterocycles. The number of alkyl halides is 1. The van der Waals surface area contributed by atoms with Crippen LogP contribution in [0.15, 0.2) is 29.2 Å². The van der Waals surface area contributed by atoms with Crippen LogP contribution in [0.25, 0.3) is 0 Å². The van der Waals surface area contributed by atoms with Gasteiger partial charge in [-0.05, 0) is 29.0 Å². The zero-order valence-electron chi connectivity index (χ0n) is 11.9. The van der Waals surface area contributed by atoms with Crippen LogP contribution in [-0.4, -0.2) is 15.0 Å². The molecule has 0 unspecified atom stereocenters. The van der Waals surface area contributed by atoms with Gasteiger partial charge in [-0.15, -0.1) is 0 Å². The molecule has 0 fully saturated rings. The Morgan fingerprint density at radius 2 is 1.74 bits per heavy atom. The number of hydrogen-bond acceptors (Lipinski definition) is 2. The average Bonchev–Trinajstić information content (AvgIpc) is 2.36. The zero-order valence-corrected chi connectivity index (χ0v) is 14.3. The molecule has 108 valence electrons. The summed E-state index contributed by atoms with van der Waals surface area (Å²) in [4.78, 5) is 0.316. The average molecular weight is 348 g/mol. The van der Waals surface area contributed by atoms with Gasteiger partial charge in [-0.1, -0.05) is 55.8 Å². The fourth-order valence-electron chi connectivity index (χ4n) is 1.33. The van der Waals surface area contributed by atoms with Gasteiger partial charge in [-0.3, -0.25) is 0 Å². The fraction of sp³-hybridized carbons (Fsp3) is 0.571. The lowest BCUT2D eigenvalue weighted by molar-refractivity contribution is 0.252. The van der Waals surface area contributed by atoms with Gasteiger partial charge in [-0.25, -0.2) is 13.1 Å². The first-order valence-electron chi connectivity index (χ1n) is 6.33. The first kappa shape index (κ1) is 16.7. The topological polar surface area (TPSA) is 46.2 Å². The van der Waals surface area contributed by atoms with Gasteiger partial charge in [0.15, 0.2) is 0 Å². The van der Waals surface area contributed by atoms with Crippen LogP contribution >= 0.6 is 15.9 Å². The smallest absolute Gasteiger partial charge is 0.211 e. The van der Waals surface area contributed by atoms with E-state index in [1.165, 1.54) is 0 Å². The Kier molecular flexibility index (Phi) is 5.59. The molecule has 0 bridgehead atoms. The van der Waals surface area contributed by atoms with Crippen LogP contribution in [0, 0.1) is 11.3 Å². The molecule has 0 atom stereocenters. The second-order valence-electron chi connectivity index (χ2n) is 5.75. The maximum atomic E-state index is 12.2. The van der Waals surface area contributed by atoms with Gasteiger partial charge >= 0.3 is 0 Å². The van der Waals surface area contributed by atoms with E-state index in [-0.39, 0.29) is 5.41 Å². The summed E-state index contributed by atoms with van der Waals surface area (Å²) in [5, 5.41) is 0.723. The van der Waals surface area contributed by atoms with E-state index in [4.69, 9.17) is 0 Å². The van der Waals surface area contributed by atoms with Gasteiger partial charge in [0, 0.05) is 11.9 Å². The predicted molar refractivity (Wildman–Crippen MR) is 82.9 cm³/mol. The highest BCUT2D eigenvalue weighted by Gasteiger charge is 2.25. The van der Waals surface area contributed by atoms with E-state index in [9.17, 15) is 8.42 Å². The second kappa shape index (κ2) is 6.37. The SMILES string of the molecule is CC(C)C(C)(C)CNS(=O)(=O)c1ccc(CBr)cc1. The quantitative estimate of drug-likeness (QED) is 0.800. The number of hydrogen-bond donors (Lipinski definition) is 1. The fourth-order valence-corrected chi connectivity index (χ4v) is 2.92. The molecule has 1 aromatic rings. The zero-order chi connectivity index (χ0) is 14.7. The third-order valence-electron chi connectivity index (χ3n) is 3.67. The first-order valence-corrected chi connectivity index (χ1v) is 8.94. The van der Waals surface area contributed by atoms with E-state index in [1.54, 1.807) is 12.1 Å². The van der Waals surface area contributed by atoms with E-state index >= 15 is 0 Å². The summed E-state index contributed by atoms with van der Waals surface area (Å²) in [6.45, 7) is 8.76. The second-order valence-corrected chi connectivity index (χ2v) is 8.07. The molecule has 0 heterocycles. The molecule has 1 rings (SSSR count). The van der Waals surface area contributed by atoms with E-state index in [0.29, 0.717) is 17.4 Å². The Bertz CT molecular complexity index is 507. The predicted octanol–water partition coefficient (Wildman–Crippen LogP) is 3.54. The molecule has 0 spiro atoms. The Labute approximate surface area is 125 Å². The van der Waals surface area contributed by atoms with Crippen molar-refractivity contribution >= 4 is 26.0 Å². The molecule has 19 heavy (non-hydrogen) atoms. The molecule has 0 aliphatic heterocycles. The van der Waals surface area contributed by atoms with Crippen LogP contribution < -0.4 is 4.72 Å². The Morgan fingerprint density at radius 1 is 1.21 bits per heavy atom. The summed E-state index contributed by atoms with van der Waals surface area (Å²) in [7, 11) is -3.42. The van der Waals surface area contributed by atoms with E-state index < -0.39 is 10.0 Å². The number of rotatable bonds is 6. The summed E-state index contributed by atoms with van der Waals surface area (Å²) in [6.07, 6.45) is 0. The van der Waals surface area contributed by atoms with Crippen molar-refractivity contribution in [3.05, 3.63) is 29.8 Å². The third kappa shape index (κ3) is 4.58. The van der Waals surface area contributed by atoms with Gasteiger partial charge in [-0.2, -0.15) is 0 Å². The lowest BCUT2D eigenvalue weighted by Crippen LogP contribution is -2.36. The highest BCUT2D eigenvalue weighted by atomic mass is 79.9. The molecule has 5 heteroatoms. The van der Waals surface area contributed by atoms with Gasteiger partial charge in [0.05, 0.1) is 4.90 Å². The minimum absolute atomic E-state index is 0.0666. The van der Waals surface area contributed by atoms with Crippen molar-refractivity contribution in [3.63, 3.8) is 0 Å². The van der Waals surface area contributed by atoms with E-state index in [2.05, 4.69) is 48.3 Å². The van der Waals surface area contributed by atoms with Crippen LogP contribution in [-0.2, 0) is 15.4 Å². The molecule has 3 nitrogen and oxygen atoms in total. The van der Waals surface area contributed by atoms with Crippen molar-refractivity contribution in [1.29, 1.82) is 0 Å². The highest BCUT2D eigenvalue weighted by Crippen LogP contribution is 2.25. The normalized spacial score (nSPS) is 12.9. The van der Waals surface area contributed by atoms with E-state index in [0.717, 1.165) is 10.9 Å². The molecule has 1 aromatic carbocycles. The summed E-state index contributed by atoms with van der Waals surface area (Å²) >= 11 is 3.34. The number of sulfonamides is 1. The monoisotopic (exact) mass is 347 g/mol. The minimum Gasteiger partial charge on any atom is -0.211 e. The summed E-state index contributed by atoms with van der Waals surface area (Å²) in [5.41, 5.74) is 0.990. The molecule has 0 amide bonds. The largest absolute Gasteiger partial charge is 0.240 e. The van der Waals surface area contributed by atoms with Crippen LogP contribution in [0.2, 0.25) is 0 Å². The van der Waals surface area contributed by atoms with Crippen LogP contribution in [0.1, 0.15) is 33.3 Å². The first-order chi connectivity index (χ1) is 8.69. The lowest BCUT2D eigenvalue weighted by Gasteiger charge is -2.29. The molecule has 0 radical (unpaired) electrons. The number of halogens is 1. The summed E-state index contributed by atoms with van der Waals surface area (Å²) in [6, 6.07) is 6.91. The molecule has 0 aliphatic rings. The van der Waals surface area contributed by atoms with Gasteiger partial charge < -0.3 is 0 Å². The number of benzene rings is 1. The standard InChI is InChI=1S/C14H22BrNO2S/c1-11(2)14(3,4)10-16-19(17,18)13-7-5-12(9-15)6-8-13/h5-8,11,16H,9-10H2,1-4H3. The van der Waals surface area contributed by atoms with Crippen LogP contribution in [0.4, 0.5) is 0 Å². The lowest BCUT2D eigenvalue weighted by atomic mass is 9.81. The van der Waals surface area contributed by atoms with Crippen molar-refractivity contribution in [2.75, 3.05) is 6.54 Å². The summed E-state index contributed by atoms with van der Waals surface area (Å²) < 4.78 is 27.1. The van der Waals surface area contributed by atoms with Gasteiger partial charge in [0.2, 0.25) is 10.0 Å². The minimum atomic E-state index is -3.42. The van der Waals surface area contributed by atoms with Crippen molar-refractivity contribution < 1.29 is 8.42 Å². The molecule has 1 N–H and O–H groups in total. The van der Waals surface area contributed by atoms with Crippen molar-refractivity contribution in [2.45, 2.75) is 37.9 Å². The van der Waals surface area contributed by atoms with Crippen molar-refractivity contribution in [2.24, 2.45) is 11.3 Å². The maximum Gasteiger partial charge on any atom is 0.240 e. The van der Waals surface area contributed by atoms with Crippen LogP contribution in [0.3, 0.4) is 0 Å². The van der Waals surface area contributed by atoms with Crippen LogP contribution in [0.5, 0.6) is 0 Å². The summed E-state index contributed by atoms with van der Waals surface area (Å²) in [5.74, 6) is 0.408. The number of nitrogens with one attached hydrogen (secondary N) is 1. The van der Waals surface area contributed by atoms with Gasteiger partial charge in [0.1, 0.15) is 0 Å².